The van der Waals surface area contributed by atoms with Gasteiger partial charge < -0.3 is 10.3 Å². The largest absolute Gasteiger partial charge is 0.322 e. The second-order valence-electron chi connectivity index (χ2n) is 4.25. The summed E-state index contributed by atoms with van der Waals surface area (Å²) in [6, 6.07) is 9.63. The molecular weight excluding hydrogens is 242 g/mol. The summed E-state index contributed by atoms with van der Waals surface area (Å²) < 4.78 is 0. The van der Waals surface area contributed by atoms with Crippen LogP contribution in [0.2, 0.25) is 0 Å². The highest BCUT2D eigenvalue weighted by Crippen LogP contribution is 2.09. The van der Waals surface area contributed by atoms with E-state index in [-0.39, 0.29) is 5.56 Å². The molecule has 0 fully saturated rings. The van der Waals surface area contributed by atoms with Crippen LogP contribution in [0.4, 0.5) is 0 Å². The topological polar surface area (TPSA) is 86.5 Å². The summed E-state index contributed by atoms with van der Waals surface area (Å²) in [7, 11) is 0. The van der Waals surface area contributed by atoms with Crippen LogP contribution in [-0.4, -0.2) is 20.2 Å². The fourth-order valence-corrected chi connectivity index (χ4v) is 1.96. The molecule has 1 aromatic carbocycles. The molecule has 19 heavy (non-hydrogen) atoms. The summed E-state index contributed by atoms with van der Waals surface area (Å²) in [5.74, 6) is 0.747. The van der Waals surface area contributed by atoms with Gasteiger partial charge in [-0.05, 0) is 17.5 Å². The summed E-state index contributed by atoms with van der Waals surface area (Å²) in [6.07, 6.45) is 1.46. The van der Waals surface area contributed by atoms with Crippen molar-refractivity contribution in [2.45, 2.75) is 13.1 Å². The average Bonchev–Trinajstić information content (AvgIpc) is 2.92. The summed E-state index contributed by atoms with van der Waals surface area (Å²) in [5, 5.41) is 10.7. The summed E-state index contributed by atoms with van der Waals surface area (Å²) in [4.78, 5) is 18.8. The van der Waals surface area contributed by atoms with Gasteiger partial charge in [0.2, 0.25) is 0 Å². The lowest BCUT2D eigenvalue weighted by molar-refractivity contribution is 0.661. The van der Waals surface area contributed by atoms with Crippen molar-refractivity contribution in [3.05, 3.63) is 58.4 Å². The molecule has 2 aromatic heterocycles. The number of benzene rings is 1. The number of para-hydroxylation sites is 1. The van der Waals surface area contributed by atoms with Gasteiger partial charge in [-0.1, -0.05) is 18.2 Å². The SMILES string of the molecule is O=c1[nH]c2ccccc2cc1CNCc1ncn[nH]1. The second kappa shape index (κ2) is 5.03. The van der Waals surface area contributed by atoms with Crippen LogP contribution in [-0.2, 0) is 13.1 Å². The number of hydrogen-bond acceptors (Lipinski definition) is 4. The molecule has 0 spiro atoms. The Hall–Kier alpha value is -2.47. The standard InChI is InChI=1S/C13H13N5O/c19-13-10(6-14-7-12-15-8-16-18-12)5-9-3-1-2-4-11(9)17-13/h1-5,8,14H,6-7H2,(H,17,19)(H,15,16,18). The number of pyridine rings is 1. The van der Waals surface area contributed by atoms with Crippen LogP contribution in [0.3, 0.4) is 0 Å². The first kappa shape index (κ1) is 11.6. The number of aromatic nitrogens is 4. The fraction of sp³-hybridized carbons (Fsp3) is 0.154. The Labute approximate surface area is 108 Å². The van der Waals surface area contributed by atoms with Gasteiger partial charge in [-0.3, -0.25) is 9.89 Å². The van der Waals surface area contributed by atoms with Gasteiger partial charge in [0.1, 0.15) is 12.2 Å². The van der Waals surface area contributed by atoms with Crippen LogP contribution >= 0.6 is 0 Å². The Balaban J connectivity index is 1.77. The lowest BCUT2D eigenvalue weighted by atomic mass is 10.1. The Morgan fingerprint density at radius 3 is 2.95 bits per heavy atom. The molecule has 96 valence electrons. The van der Waals surface area contributed by atoms with E-state index >= 15 is 0 Å². The lowest BCUT2D eigenvalue weighted by Gasteiger charge is -2.04. The van der Waals surface area contributed by atoms with Crippen molar-refractivity contribution < 1.29 is 0 Å². The minimum Gasteiger partial charge on any atom is -0.322 e. The maximum absolute atomic E-state index is 11.9. The number of fused-ring (bicyclic) bond motifs is 1. The molecule has 0 aliphatic heterocycles. The first-order valence-electron chi connectivity index (χ1n) is 5.99. The molecule has 0 saturated carbocycles. The van der Waals surface area contributed by atoms with E-state index in [2.05, 4.69) is 25.5 Å². The third kappa shape index (κ3) is 2.53. The molecule has 6 heteroatoms. The van der Waals surface area contributed by atoms with Crippen LogP contribution in [0.15, 0.2) is 41.5 Å². The minimum absolute atomic E-state index is 0.0660. The van der Waals surface area contributed by atoms with Crippen molar-refractivity contribution in [1.82, 2.24) is 25.5 Å². The molecule has 3 N–H and O–H groups in total. The molecule has 0 saturated heterocycles. The molecule has 0 unspecified atom stereocenters. The van der Waals surface area contributed by atoms with E-state index in [1.807, 2.05) is 30.3 Å². The first-order valence-corrected chi connectivity index (χ1v) is 5.99. The van der Waals surface area contributed by atoms with Gasteiger partial charge in [0.05, 0.1) is 6.54 Å². The summed E-state index contributed by atoms with van der Waals surface area (Å²) in [6.45, 7) is 1.03. The quantitative estimate of drug-likeness (QED) is 0.647. The molecule has 2 heterocycles. The molecule has 3 rings (SSSR count). The van der Waals surface area contributed by atoms with Crippen molar-refractivity contribution in [1.29, 1.82) is 0 Å². The van der Waals surface area contributed by atoms with Crippen LogP contribution in [0, 0.1) is 0 Å². The molecule has 0 atom stereocenters. The van der Waals surface area contributed by atoms with E-state index in [1.165, 1.54) is 6.33 Å². The highest BCUT2D eigenvalue weighted by Gasteiger charge is 2.03. The zero-order chi connectivity index (χ0) is 13.1. The minimum atomic E-state index is -0.0660. The van der Waals surface area contributed by atoms with Crippen molar-refractivity contribution in [2.24, 2.45) is 0 Å². The van der Waals surface area contributed by atoms with Crippen LogP contribution in [0.25, 0.3) is 10.9 Å². The van der Waals surface area contributed by atoms with Crippen LogP contribution in [0.5, 0.6) is 0 Å². The van der Waals surface area contributed by atoms with E-state index in [0.717, 1.165) is 16.7 Å². The fourth-order valence-electron chi connectivity index (χ4n) is 1.96. The first-order chi connectivity index (χ1) is 9.33. The Morgan fingerprint density at radius 1 is 1.21 bits per heavy atom. The van der Waals surface area contributed by atoms with Gasteiger partial charge in [0.25, 0.3) is 5.56 Å². The van der Waals surface area contributed by atoms with Gasteiger partial charge in [-0.15, -0.1) is 0 Å². The van der Waals surface area contributed by atoms with E-state index < -0.39 is 0 Å². The highest BCUT2D eigenvalue weighted by molar-refractivity contribution is 5.78. The average molecular weight is 255 g/mol. The van der Waals surface area contributed by atoms with Gasteiger partial charge in [-0.25, -0.2) is 4.98 Å². The number of nitrogens with one attached hydrogen (secondary N) is 3. The number of hydrogen-bond donors (Lipinski definition) is 3. The van der Waals surface area contributed by atoms with Crippen molar-refractivity contribution >= 4 is 10.9 Å². The molecular formula is C13H13N5O. The Morgan fingerprint density at radius 2 is 2.11 bits per heavy atom. The summed E-state index contributed by atoms with van der Waals surface area (Å²) in [5.41, 5.74) is 1.49. The number of aromatic amines is 2. The van der Waals surface area contributed by atoms with Crippen molar-refractivity contribution in [3.8, 4) is 0 Å². The normalized spacial score (nSPS) is 10.9. The van der Waals surface area contributed by atoms with E-state index in [1.54, 1.807) is 0 Å². The predicted octanol–water partition coefficient (Wildman–Crippen LogP) is 0.936. The van der Waals surface area contributed by atoms with Gasteiger partial charge in [0.15, 0.2) is 0 Å². The predicted molar refractivity (Wildman–Crippen MR) is 71.5 cm³/mol. The lowest BCUT2D eigenvalue weighted by Crippen LogP contribution is -2.21. The van der Waals surface area contributed by atoms with Crippen LogP contribution < -0.4 is 10.9 Å². The maximum atomic E-state index is 11.9. The van der Waals surface area contributed by atoms with E-state index in [0.29, 0.717) is 18.7 Å². The van der Waals surface area contributed by atoms with Crippen molar-refractivity contribution in [3.63, 3.8) is 0 Å². The Bertz CT molecular complexity index is 732. The molecule has 3 aromatic rings. The zero-order valence-corrected chi connectivity index (χ0v) is 10.2. The van der Waals surface area contributed by atoms with Gasteiger partial charge >= 0.3 is 0 Å². The monoisotopic (exact) mass is 255 g/mol. The molecule has 0 bridgehead atoms. The number of nitrogens with zero attached hydrogens (tertiary/aromatic N) is 2. The second-order valence-corrected chi connectivity index (χ2v) is 4.25. The third-order valence-corrected chi connectivity index (χ3v) is 2.90. The molecule has 0 aliphatic carbocycles. The smallest absolute Gasteiger partial charge is 0.252 e. The maximum Gasteiger partial charge on any atom is 0.252 e. The third-order valence-electron chi connectivity index (χ3n) is 2.90. The van der Waals surface area contributed by atoms with Crippen molar-refractivity contribution in [2.75, 3.05) is 0 Å². The summed E-state index contributed by atoms with van der Waals surface area (Å²) >= 11 is 0. The van der Waals surface area contributed by atoms with Gasteiger partial charge in [0, 0.05) is 17.6 Å². The molecule has 0 amide bonds. The molecule has 6 nitrogen and oxygen atoms in total. The zero-order valence-electron chi connectivity index (χ0n) is 10.2. The van der Waals surface area contributed by atoms with E-state index in [9.17, 15) is 4.79 Å². The Kier molecular flexibility index (Phi) is 3.07. The molecule has 0 aliphatic rings. The number of rotatable bonds is 4. The van der Waals surface area contributed by atoms with Gasteiger partial charge in [-0.2, -0.15) is 5.10 Å². The van der Waals surface area contributed by atoms with Crippen LogP contribution in [0.1, 0.15) is 11.4 Å². The molecule has 0 radical (unpaired) electrons. The highest BCUT2D eigenvalue weighted by atomic mass is 16.1. The van der Waals surface area contributed by atoms with E-state index in [4.69, 9.17) is 0 Å². The number of H-pyrrole nitrogens is 2.